The van der Waals surface area contributed by atoms with Crippen LogP contribution in [0.5, 0.6) is 0 Å². The zero-order valence-electron chi connectivity index (χ0n) is 26.0. The van der Waals surface area contributed by atoms with Gasteiger partial charge in [0.1, 0.15) is 0 Å². The summed E-state index contributed by atoms with van der Waals surface area (Å²) in [6.45, 7) is 2.87. The van der Waals surface area contributed by atoms with E-state index in [1.807, 2.05) is 60.3 Å². The number of nitrogens with zero attached hydrogens (tertiary/aromatic N) is 2. The molecule has 2 aliphatic rings. The maximum atomic E-state index is 12.1. The molecule has 2 aliphatic heterocycles. The maximum Gasteiger partial charge on any atom is 0.315 e. The van der Waals surface area contributed by atoms with Gasteiger partial charge in [0.25, 0.3) is 0 Å². The van der Waals surface area contributed by atoms with Crippen molar-refractivity contribution in [2.75, 3.05) is 50.6 Å². The third-order valence-corrected chi connectivity index (χ3v) is 11.0. The Bertz CT molecular complexity index is 1660. The highest BCUT2D eigenvalue weighted by molar-refractivity contribution is 8.00. The van der Waals surface area contributed by atoms with Gasteiger partial charge in [0, 0.05) is 45.8 Å². The molecule has 2 aromatic carbocycles. The number of urea groups is 1. The Kier molecular flexibility index (Phi) is 11.8. The molecule has 4 aromatic rings. The predicted octanol–water partition coefficient (Wildman–Crippen LogP) is 5.97. The van der Waals surface area contributed by atoms with E-state index in [0.29, 0.717) is 57.1 Å². The quantitative estimate of drug-likeness (QED) is 0.0788. The number of halogens is 1. The standard InChI is InChI=1S/C34H39ClN6O4S2/c35-23-11-9-22(10-12-23)27-13-14-29(47-27)31-24-5-1-2-6-25(24)38-33(40-31)37-16-18-45-20-19-44-17-15-36-30(42)8-4-3-7-28-32-26(21-46-28)39-34(43)41-32/h1-2,5-6,9-14,26,28,32H,3-4,7-8,15-21H2,(H,36,42)(H,37,38,40)(H2,39,41,43)/t26-,28+,32-/m1/s1. The zero-order chi connectivity index (χ0) is 32.4. The van der Waals surface area contributed by atoms with Crippen molar-refractivity contribution in [2.45, 2.75) is 43.0 Å². The van der Waals surface area contributed by atoms with Gasteiger partial charge in [0.05, 0.1) is 54.6 Å². The lowest BCUT2D eigenvalue weighted by Gasteiger charge is -2.16. The predicted molar refractivity (Wildman–Crippen MR) is 190 cm³/mol. The van der Waals surface area contributed by atoms with E-state index in [9.17, 15) is 9.59 Å². The number of rotatable bonds is 17. The molecule has 0 saturated carbocycles. The number of unbranched alkanes of at least 4 members (excludes halogenated alkanes) is 1. The third kappa shape index (κ3) is 9.14. The largest absolute Gasteiger partial charge is 0.377 e. The number of ether oxygens (including phenoxy) is 2. The summed E-state index contributed by atoms with van der Waals surface area (Å²) in [5.41, 5.74) is 2.89. The van der Waals surface area contributed by atoms with Crippen molar-refractivity contribution in [1.82, 2.24) is 25.9 Å². The molecular weight excluding hydrogens is 656 g/mol. The molecule has 3 amide bonds. The van der Waals surface area contributed by atoms with E-state index < -0.39 is 0 Å². The topological polar surface area (TPSA) is 127 Å². The summed E-state index contributed by atoms with van der Waals surface area (Å²) in [6.07, 6.45) is 3.33. The van der Waals surface area contributed by atoms with Crippen LogP contribution < -0.4 is 21.3 Å². The van der Waals surface area contributed by atoms with E-state index >= 15 is 0 Å². The van der Waals surface area contributed by atoms with Crippen molar-refractivity contribution in [3.63, 3.8) is 0 Å². The smallest absolute Gasteiger partial charge is 0.315 e. The molecule has 0 spiro atoms. The number of hydrogen-bond acceptors (Lipinski definition) is 9. The van der Waals surface area contributed by atoms with Crippen LogP contribution in [0.15, 0.2) is 60.7 Å². The molecule has 2 aromatic heterocycles. The lowest BCUT2D eigenvalue weighted by atomic mass is 10.0. The lowest BCUT2D eigenvalue weighted by molar-refractivity contribution is -0.121. The summed E-state index contributed by atoms with van der Waals surface area (Å²) >= 11 is 9.67. The fraction of sp³-hybridized carbons (Fsp3) is 0.412. The van der Waals surface area contributed by atoms with Crippen LogP contribution in [0.1, 0.15) is 25.7 Å². The van der Waals surface area contributed by atoms with Gasteiger partial charge in [-0.05, 0) is 48.7 Å². The number of hydrogen-bond donors (Lipinski definition) is 4. The molecule has 47 heavy (non-hydrogen) atoms. The monoisotopic (exact) mass is 694 g/mol. The number of para-hydroxylation sites is 1. The minimum Gasteiger partial charge on any atom is -0.377 e. The number of thioether (sulfide) groups is 1. The molecule has 0 aliphatic carbocycles. The number of carbonyl (C=O) groups is 2. The van der Waals surface area contributed by atoms with Gasteiger partial charge in [-0.3, -0.25) is 4.79 Å². The van der Waals surface area contributed by atoms with Crippen LogP contribution in [0, 0.1) is 0 Å². The fourth-order valence-corrected chi connectivity index (χ4v) is 8.44. The number of aromatic nitrogens is 2. The van der Waals surface area contributed by atoms with E-state index in [2.05, 4.69) is 33.4 Å². The zero-order valence-corrected chi connectivity index (χ0v) is 28.4. The first-order chi connectivity index (χ1) is 23.0. The van der Waals surface area contributed by atoms with E-state index in [-0.39, 0.29) is 24.0 Å². The average molecular weight is 695 g/mol. The highest BCUT2D eigenvalue weighted by Crippen LogP contribution is 2.37. The molecule has 13 heteroatoms. The summed E-state index contributed by atoms with van der Waals surface area (Å²) in [6, 6.07) is 20.5. The van der Waals surface area contributed by atoms with Crippen molar-refractivity contribution in [2.24, 2.45) is 0 Å². The summed E-state index contributed by atoms with van der Waals surface area (Å²) in [4.78, 5) is 35.4. The van der Waals surface area contributed by atoms with Crippen molar-refractivity contribution in [1.29, 1.82) is 0 Å². The molecule has 6 rings (SSSR count). The third-order valence-electron chi connectivity index (χ3n) is 8.12. The Hall–Kier alpha value is -3.42. The second-order valence-electron chi connectivity index (χ2n) is 11.5. The van der Waals surface area contributed by atoms with E-state index in [1.165, 1.54) is 0 Å². The van der Waals surface area contributed by atoms with Crippen LogP contribution in [-0.2, 0) is 14.3 Å². The molecule has 0 unspecified atom stereocenters. The molecular formula is C34H39ClN6O4S2. The Labute approximate surface area is 287 Å². The number of benzene rings is 2. The molecule has 248 valence electrons. The van der Waals surface area contributed by atoms with Gasteiger partial charge in [0.15, 0.2) is 0 Å². The Morgan fingerprint density at radius 3 is 2.55 bits per heavy atom. The number of fused-ring (bicyclic) bond motifs is 2. The van der Waals surface area contributed by atoms with Crippen LogP contribution in [0.3, 0.4) is 0 Å². The van der Waals surface area contributed by atoms with Crippen LogP contribution in [0.25, 0.3) is 31.9 Å². The lowest BCUT2D eigenvalue weighted by Crippen LogP contribution is -2.36. The summed E-state index contributed by atoms with van der Waals surface area (Å²) in [5.74, 6) is 1.56. The highest BCUT2D eigenvalue weighted by Gasteiger charge is 2.42. The molecule has 2 fully saturated rings. The first-order valence-electron chi connectivity index (χ1n) is 16.0. The molecule has 0 radical (unpaired) electrons. The van der Waals surface area contributed by atoms with Gasteiger partial charge in [-0.25, -0.2) is 14.8 Å². The Morgan fingerprint density at radius 2 is 1.70 bits per heavy atom. The van der Waals surface area contributed by atoms with Crippen molar-refractivity contribution >= 4 is 63.5 Å². The second kappa shape index (κ2) is 16.6. The molecule has 2 saturated heterocycles. The van der Waals surface area contributed by atoms with E-state index in [1.54, 1.807) is 11.3 Å². The minimum absolute atomic E-state index is 0.0452. The van der Waals surface area contributed by atoms with Gasteiger partial charge < -0.3 is 30.7 Å². The van der Waals surface area contributed by atoms with E-state index in [4.69, 9.17) is 31.0 Å². The first kappa shape index (κ1) is 33.5. The Morgan fingerprint density at radius 1 is 0.915 bits per heavy atom. The molecule has 10 nitrogen and oxygen atoms in total. The molecule has 4 heterocycles. The first-order valence-corrected chi connectivity index (χ1v) is 18.3. The summed E-state index contributed by atoms with van der Waals surface area (Å²) in [7, 11) is 0. The van der Waals surface area contributed by atoms with Crippen LogP contribution in [0.4, 0.5) is 10.7 Å². The fourth-order valence-electron chi connectivity index (χ4n) is 5.76. The molecule has 3 atom stereocenters. The highest BCUT2D eigenvalue weighted by atomic mass is 35.5. The van der Waals surface area contributed by atoms with Gasteiger partial charge in [0.2, 0.25) is 11.9 Å². The number of thiophene rings is 1. The second-order valence-corrected chi connectivity index (χ2v) is 14.2. The normalized spacial score (nSPS) is 18.6. The number of amides is 3. The molecule has 4 N–H and O–H groups in total. The van der Waals surface area contributed by atoms with Crippen molar-refractivity contribution in [3.8, 4) is 21.0 Å². The SMILES string of the molecule is O=C(CCCC[C@@H]1SC[C@H]2NC(=O)N[C@@H]12)NCCOCCOCCNc1nc(-c2ccc(-c3ccc(Cl)cc3)s2)c2ccccc2n1. The number of anilines is 1. The van der Waals surface area contributed by atoms with Crippen LogP contribution in [-0.4, -0.2) is 84.5 Å². The van der Waals surface area contributed by atoms with Gasteiger partial charge in [-0.1, -0.05) is 48.4 Å². The number of carbonyl (C=O) groups excluding carboxylic acids is 2. The summed E-state index contributed by atoms with van der Waals surface area (Å²) in [5, 5.41) is 14.3. The average Bonchev–Trinajstić information content (AvgIpc) is 3.81. The van der Waals surface area contributed by atoms with Crippen molar-refractivity contribution in [3.05, 3.63) is 65.7 Å². The number of nitrogens with one attached hydrogen (secondary N) is 4. The Balaban J connectivity index is 0.844. The van der Waals surface area contributed by atoms with Gasteiger partial charge in [-0.2, -0.15) is 11.8 Å². The van der Waals surface area contributed by atoms with Crippen LogP contribution >= 0.6 is 34.7 Å². The minimum atomic E-state index is -0.0584. The summed E-state index contributed by atoms with van der Waals surface area (Å²) < 4.78 is 11.3. The van der Waals surface area contributed by atoms with Crippen LogP contribution in [0.2, 0.25) is 5.02 Å². The maximum absolute atomic E-state index is 12.1. The van der Waals surface area contributed by atoms with Gasteiger partial charge in [-0.15, -0.1) is 11.3 Å². The van der Waals surface area contributed by atoms with E-state index in [0.717, 1.165) is 62.0 Å². The van der Waals surface area contributed by atoms with Crippen molar-refractivity contribution < 1.29 is 19.1 Å². The molecule has 0 bridgehead atoms. The van der Waals surface area contributed by atoms with Gasteiger partial charge >= 0.3 is 6.03 Å².